The molecule has 2 aromatic rings. The predicted molar refractivity (Wildman–Crippen MR) is 95.2 cm³/mol. The van der Waals surface area contributed by atoms with Crippen LogP contribution >= 0.6 is 0 Å². The van der Waals surface area contributed by atoms with Crippen LogP contribution in [0.3, 0.4) is 0 Å². The molecule has 1 saturated heterocycles. The van der Waals surface area contributed by atoms with Gasteiger partial charge in [0.15, 0.2) is 0 Å². The summed E-state index contributed by atoms with van der Waals surface area (Å²) in [6.07, 6.45) is 1.05. The van der Waals surface area contributed by atoms with Gasteiger partial charge in [-0.25, -0.2) is 0 Å². The van der Waals surface area contributed by atoms with Gasteiger partial charge in [-0.3, -0.25) is 4.90 Å². The van der Waals surface area contributed by atoms with E-state index in [1.165, 1.54) is 16.8 Å². The van der Waals surface area contributed by atoms with Crippen LogP contribution in [0.4, 0.5) is 5.69 Å². The topological polar surface area (TPSA) is 6.48 Å². The van der Waals surface area contributed by atoms with Crippen molar-refractivity contribution in [2.45, 2.75) is 6.42 Å². The monoisotopic (exact) mass is 292 g/mol. The lowest BCUT2D eigenvalue weighted by molar-refractivity contribution is 0.264. The summed E-state index contributed by atoms with van der Waals surface area (Å²) in [6.45, 7) is 9.84. The van der Waals surface area contributed by atoms with Gasteiger partial charge in [0.05, 0.1) is 0 Å². The van der Waals surface area contributed by atoms with E-state index in [9.17, 15) is 0 Å². The Morgan fingerprint density at radius 2 is 1.41 bits per heavy atom. The molecule has 2 nitrogen and oxygen atoms in total. The molecule has 3 rings (SSSR count). The van der Waals surface area contributed by atoms with Crippen molar-refractivity contribution in [1.29, 1.82) is 0 Å². The van der Waals surface area contributed by atoms with Gasteiger partial charge in [-0.2, -0.15) is 0 Å². The lowest BCUT2D eigenvalue weighted by Crippen LogP contribution is -2.46. The maximum Gasteiger partial charge on any atom is 0.0367 e. The zero-order valence-electron chi connectivity index (χ0n) is 13.1. The Labute approximate surface area is 133 Å². The summed E-state index contributed by atoms with van der Waals surface area (Å²) < 4.78 is 0. The van der Waals surface area contributed by atoms with Crippen LogP contribution in [0.5, 0.6) is 0 Å². The fourth-order valence-electron chi connectivity index (χ4n) is 2.98. The SMILES string of the molecule is C=C(CCN1CCN(c2ccccc2)CC1)c1ccccc1. The number of piperazine rings is 1. The average molecular weight is 292 g/mol. The number of hydrogen-bond acceptors (Lipinski definition) is 2. The van der Waals surface area contributed by atoms with Crippen molar-refractivity contribution < 1.29 is 0 Å². The third-order valence-corrected chi connectivity index (χ3v) is 4.41. The highest BCUT2D eigenvalue weighted by Gasteiger charge is 2.16. The van der Waals surface area contributed by atoms with Crippen molar-refractivity contribution in [2.75, 3.05) is 37.6 Å². The Kier molecular flexibility index (Phi) is 4.92. The molecule has 0 N–H and O–H groups in total. The van der Waals surface area contributed by atoms with Gasteiger partial charge in [0, 0.05) is 38.4 Å². The highest BCUT2D eigenvalue weighted by Crippen LogP contribution is 2.18. The second-order valence-electron chi connectivity index (χ2n) is 5.88. The Bertz CT molecular complexity index is 584. The molecule has 0 bridgehead atoms. The van der Waals surface area contributed by atoms with Gasteiger partial charge in [-0.15, -0.1) is 0 Å². The van der Waals surface area contributed by atoms with Crippen LogP contribution in [0.25, 0.3) is 5.57 Å². The van der Waals surface area contributed by atoms with Crippen molar-refractivity contribution in [1.82, 2.24) is 4.90 Å². The van der Waals surface area contributed by atoms with E-state index in [2.05, 4.69) is 77.0 Å². The van der Waals surface area contributed by atoms with Crippen LogP contribution in [-0.2, 0) is 0 Å². The van der Waals surface area contributed by atoms with E-state index in [1.807, 2.05) is 0 Å². The number of nitrogens with zero attached hydrogens (tertiary/aromatic N) is 2. The standard InChI is InChI=1S/C20H24N2/c1-18(19-8-4-2-5-9-19)12-13-21-14-16-22(17-15-21)20-10-6-3-7-11-20/h2-11H,1,12-17H2. The van der Waals surface area contributed by atoms with Crippen molar-refractivity contribution in [3.8, 4) is 0 Å². The molecule has 22 heavy (non-hydrogen) atoms. The summed E-state index contributed by atoms with van der Waals surface area (Å²) in [5.74, 6) is 0. The first-order valence-corrected chi connectivity index (χ1v) is 8.08. The van der Waals surface area contributed by atoms with Gasteiger partial charge in [0.2, 0.25) is 0 Å². The summed E-state index contributed by atoms with van der Waals surface area (Å²) in [7, 11) is 0. The Morgan fingerprint density at radius 1 is 0.818 bits per heavy atom. The summed E-state index contributed by atoms with van der Waals surface area (Å²) in [4.78, 5) is 5.02. The maximum atomic E-state index is 4.23. The van der Waals surface area contributed by atoms with Crippen molar-refractivity contribution >= 4 is 11.3 Å². The lowest BCUT2D eigenvalue weighted by atomic mass is 10.0. The number of para-hydroxylation sites is 1. The molecule has 0 aliphatic carbocycles. The predicted octanol–water partition coefficient (Wildman–Crippen LogP) is 3.91. The van der Waals surface area contributed by atoms with E-state index in [0.29, 0.717) is 0 Å². The molecule has 1 aliphatic rings. The van der Waals surface area contributed by atoms with E-state index in [-0.39, 0.29) is 0 Å². The average Bonchev–Trinajstić information content (AvgIpc) is 2.61. The molecule has 2 heteroatoms. The molecule has 0 spiro atoms. The van der Waals surface area contributed by atoms with Crippen LogP contribution < -0.4 is 4.90 Å². The van der Waals surface area contributed by atoms with E-state index >= 15 is 0 Å². The summed E-state index contributed by atoms with van der Waals surface area (Å²) in [6, 6.07) is 21.2. The van der Waals surface area contributed by atoms with Gasteiger partial charge in [-0.05, 0) is 29.7 Å². The molecule has 0 aromatic heterocycles. The summed E-state index contributed by atoms with van der Waals surface area (Å²) in [5.41, 5.74) is 3.85. The highest BCUT2D eigenvalue weighted by atomic mass is 15.3. The van der Waals surface area contributed by atoms with E-state index in [1.54, 1.807) is 0 Å². The Morgan fingerprint density at radius 3 is 2.05 bits per heavy atom. The van der Waals surface area contributed by atoms with Crippen molar-refractivity contribution in [3.63, 3.8) is 0 Å². The molecule has 0 atom stereocenters. The molecule has 0 radical (unpaired) electrons. The molecule has 2 aromatic carbocycles. The third kappa shape index (κ3) is 3.77. The smallest absolute Gasteiger partial charge is 0.0367 e. The summed E-state index contributed by atoms with van der Waals surface area (Å²) >= 11 is 0. The number of anilines is 1. The molecule has 0 unspecified atom stereocenters. The van der Waals surface area contributed by atoms with E-state index in [4.69, 9.17) is 0 Å². The van der Waals surface area contributed by atoms with Crippen LogP contribution in [0.1, 0.15) is 12.0 Å². The minimum Gasteiger partial charge on any atom is -0.369 e. The maximum absolute atomic E-state index is 4.23. The minimum absolute atomic E-state index is 1.05. The molecule has 0 amide bonds. The molecular weight excluding hydrogens is 268 g/mol. The van der Waals surface area contributed by atoms with Gasteiger partial charge in [0.1, 0.15) is 0 Å². The molecule has 0 saturated carbocycles. The van der Waals surface area contributed by atoms with Crippen LogP contribution in [0, 0.1) is 0 Å². The van der Waals surface area contributed by atoms with E-state index in [0.717, 1.165) is 39.1 Å². The quantitative estimate of drug-likeness (QED) is 0.824. The fourth-order valence-corrected chi connectivity index (χ4v) is 2.98. The second-order valence-corrected chi connectivity index (χ2v) is 5.88. The molecular formula is C20H24N2. The van der Waals surface area contributed by atoms with E-state index < -0.39 is 0 Å². The summed E-state index contributed by atoms with van der Waals surface area (Å²) in [5, 5.41) is 0. The Balaban J connectivity index is 1.45. The zero-order valence-corrected chi connectivity index (χ0v) is 13.1. The molecule has 1 aliphatic heterocycles. The Hall–Kier alpha value is -2.06. The first-order chi connectivity index (χ1) is 10.8. The van der Waals surface area contributed by atoms with Crippen molar-refractivity contribution in [3.05, 3.63) is 72.8 Å². The third-order valence-electron chi connectivity index (χ3n) is 4.41. The minimum atomic E-state index is 1.05. The van der Waals surface area contributed by atoms with Gasteiger partial charge in [-0.1, -0.05) is 55.1 Å². The number of benzene rings is 2. The molecule has 1 heterocycles. The van der Waals surface area contributed by atoms with Crippen LogP contribution in [0.2, 0.25) is 0 Å². The number of rotatable bonds is 5. The second kappa shape index (κ2) is 7.28. The normalized spacial score (nSPS) is 15.7. The van der Waals surface area contributed by atoms with Crippen LogP contribution in [0.15, 0.2) is 67.2 Å². The van der Waals surface area contributed by atoms with Gasteiger partial charge in [0.25, 0.3) is 0 Å². The van der Waals surface area contributed by atoms with Crippen molar-refractivity contribution in [2.24, 2.45) is 0 Å². The highest BCUT2D eigenvalue weighted by molar-refractivity contribution is 5.63. The molecule has 1 fully saturated rings. The van der Waals surface area contributed by atoms with Gasteiger partial charge >= 0.3 is 0 Å². The number of hydrogen-bond donors (Lipinski definition) is 0. The molecule has 114 valence electrons. The fraction of sp³-hybridized carbons (Fsp3) is 0.300. The van der Waals surface area contributed by atoms with Crippen LogP contribution in [-0.4, -0.2) is 37.6 Å². The lowest BCUT2D eigenvalue weighted by Gasteiger charge is -2.36. The zero-order chi connectivity index (χ0) is 15.2. The first kappa shape index (κ1) is 14.9. The first-order valence-electron chi connectivity index (χ1n) is 8.08. The van der Waals surface area contributed by atoms with Gasteiger partial charge < -0.3 is 4.90 Å². The largest absolute Gasteiger partial charge is 0.369 e.